The molecular weight excluding hydrogens is 390 g/mol. The van der Waals surface area contributed by atoms with Crippen LogP contribution in [-0.2, 0) is 19.6 Å². The van der Waals surface area contributed by atoms with Crippen LogP contribution >= 0.6 is 0 Å². The normalized spacial score (nSPS) is 17.0. The Morgan fingerprint density at radius 2 is 1.69 bits per heavy atom. The van der Waals surface area contributed by atoms with Crippen molar-refractivity contribution in [2.75, 3.05) is 29.9 Å². The minimum Gasteiger partial charge on any atom is -0.326 e. The van der Waals surface area contributed by atoms with Gasteiger partial charge in [0.15, 0.2) is 0 Å². The Balaban J connectivity index is 1.71. The Morgan fingerprint density at radius 3 is 2.28 bits per heavy atom. The summed E-state index contributed by atoms with van der Waals surface area (Å²) in [5, 5.41) is 2.83. The first-order chi connectivity index (χ1) is 13.9. The Hall–Kier alpha value is -2.71. The summed E-state index contributed by atoms with van der Waals surface area (Å²) in [4.78, 5) is 26.7. The lowest BCUT2D eigenvalue weighted by Gasteiger charge is -2.20. The van der Waals surface area contributed by atoms with Crippen molar-refractivity contribution in [2.45, 2.75) is 25.2 Å². The van der Waals surface area contributed by atoms with E-state index in [2.05, 4.69) is 5.32 Å². The van der Waals surface area contributed by atoms with Crippen molar-refractivity contribution in [1.29, 1.82) is 0 Å². The van der Waals surface area contributed by atoms with Gasteiger partial charge in [-0.15, -0.1) is 0 Å². The monoisotopic (exact) mass is 415 g/mol. The molecule has 0 aromatic heterocycles. The largest absolute Gasteiger partial charge is 0.326 e. The lowest BCUT2D eigenvalue weighted by molar-refractivity contribution is -0.122. The standard InChI is InChI=1S/C21H25N3O4S/c1-3-23(4-2)29(27,28)19-12-10-18(11-13-19)24-15-16(14-20(24)25)21(26)22-17-8-6-5-7-9-17/h5-13,16H,3-4,14-15H2,1-2H3,(H,22,26)/t16-/m1/s1. The molecule has 0 spiro atoms. The molecule has 1 heterocycles. The van der Waals surface area contributed by atoms with Crippen LogP contribution in [0.5, 0.6) is 0 Å². The zero-order valence-electron chi connectivity index (χ0n) is 16.5. The van der Waals surface area contributed by atoms with E-state index in [1.165, 1.54) is 21.3 Å². The smallest absolute Gasteiger partial charge is 0.243 e. The predicted octanol–water partition coefficient (Wildman–Crippen LogP) is 2.71. The van der Waals surface area contributed by atoms with Gasteiger partial charge < -0.3 is 10.2 Å². The summed E-state index contributed by atoms with van der Waals surface area (Å²) in [7, 11) is -3.55. The van der Waals surface area contributed by atoms with Gasteiger partial charge in [-0.3, -0.25) is 9.59 Å². The molecule has 0 aliphatic carbocycles. The number of carbonyl (C=O) groups is 2. The topological polar surface area (TPSA) is 86.8 Å². The number of hydrogen-bond acceptors (Lipinski definition) is 4. The van der Waals surface area contributed by atoms with E-state index in [0.717, 1.165) is 0 Å². The van der Waals surface area contributed by atoms with Gasteiger partial charge in [-0.2, -0.15) is 4.31 Å². The summed E-state index contributed by atoms with van der Waals surface area (Å²) in [5.41, 5.74) is 1.28. The maximum Gasteiger partial charge on any atom is 0.243 e. The van der Waals surface area contributed by atoms with Crippen molar-refractivity contribution in [3.05, 3.63) is 54.6 Å². The van der Waals surface area contributed by atoms with Crippen molar-refractivity contribution < 1.29 is 18.0 Å². The molecule has 29 heavy (non-hydrogen) atoms. The molecule has 8 heteroatoms. The summed E-state index contributed by atoms with van der Waals surface area (Å²) in [5.74, 6) is -0.813. The number of rotatable bonds is 7. The third-order valence-electron chi connectivity index (χ3n) is 5.03. The number of nitrogens with one attached hydrogen (secondary N) is 1. The minimum atomic E-state index is -3.55. The SMILES string of the molecule is CCN(CC)S(=O)(=O)c1ccc(N2C[C@H](C(=O)Nc3ccccc3)CC2=O)cc1. The average molecular weight is 416 g/mol. The van der Waals surface area contributed by atoms with Crippen LogP contribution in [0.2, 0.25) is 0 Å². The second kappa shape index (κ2) is 8.75. The van der Waals surface area contributed by atoms with Crippen molar-refractivity contribution in [3.63, 3.8) is 0 Å². The highest BCUT2D eigenvalue weighted by molar-refractivity contribution is 7.89. The van der Waals surface area contributed by atoms with Crippen LogP contribution in [-0.4, -0.2) is 44.2 Å². The van der Waals surface area contributed by atoms with Crippen LogP contribution in [0.1, 0.15) is 20.3 Å². The molecule has 1 aliphatic heterocycles. The summed E-state index contributed by atoms with van der Waals surface area (Å²) in [6.45, 7) is 4.63. The number of para-hydroxylation sites is 1. The van der Waals surface area contributed by atoms with Gasteiger partial charge in [-0.25, -0.2) is 8.42 Å². The molecule has 1 fully saturated rings. The molecule has 0 unspecified atom stereocenters. The van der Waals surface area contributed by atoms with Gasteiger partial charge in [0.05, 0.1) is 10.8 Å². The van der Waals surface area contributed by atoms with Gasteiger partial charge in [-0.05, 0) is 36.4 Å². The number of hydrogen-bond donors (Lipinski definition) is 1. The fourth-order valence-corrected chi connectivity index (χ4v) is 4.87. The number of nitrogens with zero attached hydrogens (tertiary/aromatic N) is 2. The number of benzene rings is 2. The van der Waals surface area contributed by atoms with E-state index >= 15 is 0 Å². The zero-order valence-corrected chi connectivity index (χ0v) is 17.4. The number of anilines is 2. The van der Waals surface area contributed by atoms with E-state index in [9.17, 15) is 18.0 Å². The lowest BCUT2D eigenvalue weighted by atomic mass is 10.1. The molecule has 1 N–H and O–H groups in total. The second-order valence-electron chi connectivity index (χ2n) is 6.84. The van der Waals surface area contributed by atoms with E-state index < -0.39 is 15.9 Å². The molecule has 2 aromatic carbocycles. The average Bonchev–Trinajstić information content (AvgIpc) is 3.11. The first-order valence-electron chi connectivity index (χ1n) is 9.63. The first kappa shape index (κ1) is 21.0. The van der Waals surface area contributed by atoms with Crippen molar-refractivity contribution in [1.82, 2.24) is 4.31 Å². The Kier molecular flexibility index (Phi) is 6.34. The Morgan fingerprint density at radius 1 is 1.07 bits per heavy atom. The number of carbonyl (C=O) groups excluding carboxylic acids is 2. The summed E-state index contributed by atoms with van der Waals surface area (Å²) >= 11 is 0. The van der Waals surface area contributed by atoms with Crippen molar-refractivity contribution in [2.24, 2.45) is 5.92 Å². The Bertz CT molecular complexity index is 971. The van der Waals surface area contributed by atoms with E-state index in [4.69, 9.17) is 0 Å². The summed E-state index contributed by atoms with van der Waals surface area (Å²) in [6, 6.07) is 15.4. The van der Waals surface area contributed by atoms with Crippen LogP contribution in [0.4, 0.5) is 11.4 Å². The van der Waals surface area contributed by atoms with Gasteiger partial charge in [-0.1, -0.05) is 32.0 Å². The number of amides is 2. The number of sulfonamides is 1. The molecule has 0 bridgehead atoms. The highest BCUT2D eigenvalue weighted by atomic mass is 32.2. The van der Waals surface area contributed by atoms with Gasteiger partial charge in [0.25, 0.3) is 0 Å². The molecule has 154 valence electrons. The maximum absolute atomic E-state index is 12.6. The molecule has 2 aromatic rings. The molecule has 1 aliphatic rings. The van der Waals surface area contributed by atoms with E-state index in [1.54, 1.807) is 38.1 Å². The van der Waals surface area contributed by atoms with Gasteiger partial charge in [0, 0.05) is 37.4 Å². The van der Waals surface area contributed by atoms with Gasteiger partial charge >= 0.3 is 0 Å². The summed E-state index contributed by atoms with van der Waals surface area (Å²) in [6.07, 6.45) is 0.123. The van der Waals surface area contributed by atoms with Crippen LogP contribution in [0.25, 0.3) is 0 Å². The molecule has 2 amide bonds. The summed E-state index contributed by atoms with van der Waals surface area (Å²) < 4.78 is 26.6. The molecule has 1 saturated heterocycles. The van der Waals surface area contributed by atoms with E-state index in [1.807, 2.05) is 18.2 Å². The zero-order chi connectivity index (χ0) is 21.0. The maximum atomic E-state index is 12.6. The van der Waals surface area contributed by atoms with Gasteiger partial charge in [0.1, 0.15) is 0 Å². The van der Waals surface area contributed by atoms with Crippen LogP contribution in [0.3, 0.4) is 0 Å². The molecule has 3 rings (SSSR count). The predicted molar refractivity (Wildman–Crippen MR) is 112 cm³/mol. The van der Waals surface area contributed by atoms with Gasteiger partial charge in [0.2, 0.25) is 21.8 Å². The van der Waals surface area contributed by atoms with Crippen molar-refractivity contribution >= 4 is 33.2 Å². The fourth-order valence-electron chi connectivity index (χ4n) is 3.41. The minimum absolute atomic E-state index is 0.123. The van der Waals surface area contributed by atoms with Crippen LogP contribution < -0.4 is 10.2 Å². The highest BCUT2D eigenvalue weighted by Gasteiger charge is 2.35. The van der Waals surface area contributed by atoms with Crippen LogP contribution in [0.15, 0.2) is 59.5 Å². The molecular formula is C21H25N3O4S. The fraction of sp³-hybridized carbons (Fsp3) is 0.333. The first-order valence-corrected chi connectivity index (χ1v) is 11.1. The van der Waals surface area contributed by atoms with Crippen LogP contribution in [0, 0.1) is 5.92 Å². The van der Waals surface area contributed by atoms with Crippen molar-refractivity contribution in [3.8, 4) is 0 Å². The molecule has 0 radical (unpaired) electrons. The Labute approximate surface area is 171 Å². The molecule has 1 atom stereocenters. The molecule has 0 saturated carbocycles. The molecule has 7 nitrogen and oxygen atoms in total. The third-order valence-corrected chi connectivity index (χ3v) is 7.09. The highest BCUT2D eigenvalue weighted by Crippen LogP contribution is 2.27. The third kappa shape index (κ3) is 4.49. The quantitative estimate of drug-likeness (QED) is 0.753. The van der Waals surface area contributed by atoms with E-state index in [-0.39, 0.29) is 29.7 Å². The lowest BCUT2D eigenvalue weighted by Crippen LogP contribution is -2.31. The second-order valence-corrected chi connectivity index (χ2v) is 8.78. The van der Waals surface area contributed by atoms with E-state index in [0.29, 0.717) is 24.5 Å².